The number of fused-ring (bicyclic) bond motifs is 4. The number of aromatic hydroxyl groups is 1. The lowest BCUT2D eigenvalue weighted by Gasteiger charge is -2.50. The van der Waals surface area contributed by atoms with Crippen molar-refractivity contribution < 1.29 is 37.5 Å². The van der Waals surface area contributed by atoms with E-state index in [0.717, 1.165) is 15.5 Å². The maximum atomic E-state index is 15.3. The number of nitrogens with one attached hydrogen (secondary N) is 1. The minimum atomic E-state index is -4.75. The Balaban J connectivity index is 1.31. The summed E-state index contributed by atoms with van der Waals surface area (Å²) in [6, 6.07) is 16.9. The molecule has 55 heavy (non-hydrogen) atoms. The first-order valence-corrected chi connectivity index (χ1v) is 18.4. The van der Waals surface area contributed by atoms with E-state index in [9.17, 15) is 32.7 Å². The monoisotopic (exact) mass is 808 g/mol. The Morgan fingerprint density at radius 2 is 1.58 bits per heavy atom. The fourth-order valence-electron chi connectivity index (χ4n) is 8.99. The number of hydrazine groups is 1. The molecule has 1 saturated carbocycles. The number of imide groups is 2. The standard InChI is InChI=1S/C40H30Cl3F3N4O5/c1-18-3-9-24(15-29(18)42)49-35(52)26-11-10-25-27(32(26)37(49)54)16-28-36(53)50(48-34-30(43)14-22(17-47-34)40(44,45)46)38(55)39(28,21-5-7-23(41)8-6-21)33(25)20-4-12-31(51)19(2)13-20/h3-10,12-15,17,26-28,32-33,51H,11,16H2,1-2H3,(H,47,48)/t26-,27+,28-,32-,33-,39+/m0/s1. The van der Waals surface area contributed by atoms with Gasteiger partial charge in [-0.25, -0.2) is 9.88 Å². The van der Waals surface area contributed by atoms with Gasteiger partial charge in [0.05, 0.1) is 39.4 Å². The molecule has 4 aliphatic rings. The van der Waals surface area contributed by atoms with Crippen LogP contribution in [0.25, 0.3) is 0 Å². The zero-order chi connectivity index (χ0) is 39.3. The van der Waals surface area contributed by atoms with Crippen LogP contribution in [-0.2, 0) is 30.8 Å². The van der Waals surface area contributed by atoms with Gasteiger partial charge in [-0.2, -0.15) is 18.2 Å². The molecule has 8 rings (SSSR count). The summed E-state index contributed by atoms with van der Waals surface area (Å²) in [5, 5.41) is 11.6. The quantitative estimate of drug-likeness (QED) is 0.153. The number of hydrogen-bond acceptors (Lipinski definition) is 7. The fraction of sp³-hybridized carbons (Fsp3) is 0.275. The second-order valence-corrected chi connectivity index (χ2v) is 15.7. The maximum absolute atomic E-state index is 15.3. The summed E-state index contributed by atoms with van der Waals surface area (Å²) in [5.74, 6) is -7.17. The highest BCUT2D eigenvalue weighted by Gasteiger charge is 2.70. The zero-order valence-electron chi connectivity index (χ0n) is 29.0. The van der Waals surface area contributed by atoms with Gasteiger partial charge in [0.15, 0.2) is 5.82 Å². The van der Waals surface area contributed by atoms with Gasteiger partial charge in [-0.15, -0.1) is 0 Å². The highest BCUT2D eigenvalue weighted by Crippen LogP contribution is 2.64. The zero-order valence-corrected chi connectivity index (χ0v) is 31.3. The average Bonchev–Trinajstić information content (AvgIpc) is 3.52. The summed E-state index contributed by atoms with van der Waals surface area (Å²) < 4.78 is 40.4. The second kappa shape index (κ2) is 13.1. The van der Waals surface area contributed by atoms with Crippen LogP contribution in [0.1, 0.15) is 46.6 Å². The third-order valence-corrected chi connectivity index (χ3v) is 12.5. The molecule has 4 aromatic rings. The SMILES string of the molecule is Cc1cc([C@H]2C3=CC[C@@H]4C(=O)N(c5ccc(C)c(Cl)c5)C(=O)[C@@H]4[C@@H]3C[C@H]3C(=O)N(Nc4ncc(C(F)(F)F)cc4Cl)C(=O)[C@@]23c2ccc(Cl)cc2)ccc1O. The third-order valence-electron chi connectivity index (χ3n) is 11.5. The van der Waals surface area contributed by atoms with Crippen molar-refractivity contribution in [3.05, 3.63) is 127 Å². The minimum Gasteiger partial charge on any atom is -0.508 e. The molecule has 2 N–H and O–H groups in total. The number of benzene rings is 3. The molecule has 0 spiro atoms. The number of halogens is 6. The molecule has 1 aromatic heterocycles. The molecule has 15 heteroatoms. The lowest BCUT2D eigenvalue weighted by Crippen LogP contribution is -2.53. The number of rotatable bonds is 5. The molecule has 282 valence electrons. The molecule has 0 unspecified atom stereocenters. The van der Waals surface area contributed by atoms with Crippen molar-refractivity contribution in [2.75, 3.05) is 10.3 Å². The van der Waals surface area contributed by atoms with Crippen molar-refractivity contribution in [1.82, 2.24) is 9.99 Å². The summed E-state index contributed by atoms with van der Waals surface area (Å²) in [6.45, 7) is 3.49. The number of anilines is 2. The van der Waals surface area contributed by atoms with Gasteiger partial charge >= 0.3 is 6.18 Å². The number of alkyl halides is 3. The van der Waals surface area contributed by atoms with Crippen LogP contribution in [0.4, 0.5) is 24.7 Å². The first kappa shape index (κ1) is 37.0. The van der Waals surface area contributed by atoms with Crippen LogP contribution in [0.5, 0.6) is 5.75 Å². The van der Waals surface area contributed by atoms with Crippen molar-refractivity contribution in [3.8, 4) is 5.75 Å². The van der Waals surface area contributed by atoms with Crippen molar-refractivity contribution in [2.24, 2.45) is 23.7 Å². The molecule has 3 fully saturated rings. The van der Waals surface area contributed by atoms with Crippen LogP contribution in [0, 0.1) is 37.5 Å². The van der Waals surface area contributed by atoms with Crippen molar-refractivity contribution in [2.45, 2.75) is 44.2 Å². The summed E-state index contributed by atoms with van der Waals surface area (Å²) >= 11 is 19.0. The van der Waals surface area contributed by atoms with Crippen molar-refractivity contribution in [1.29, 1.82) is 0 Å². The smallest absolute Gasteiger partial charge is 0.417 e. The Kier molecular flexibility index (Phi) is 8.82. The van der Waals surface area contributed by atoms with E-state index in [4.69, 9.17) is 34.8 Å². The first-order valence-electron chi connectivity index (χ1n) is 17.3. The summed E-state index contributed by atoms with van der Waals surface area (Å²) in [5.41, 5.74) is 2.99. The molecule has 4 amide bonds. The van der Waals surface area contributed by atoms with Crippen molar-refractivity contribution in [3.63, 3.8) is 0 Å². The number of aryl methyl sites for hydroxylation is 2. The van der Waals surface area contributed by atoms with Crippen LogP contribution in [-0.4, -0.2) is 38.7 Å². The van der Waals surface area contributed by atoms with Crippen molar-refractivity contribution >= 4 is 69.9 Å². The molecule has 2 aliphatic carbocycles. The number of phenolic OH excluding ortho intramolecular Hbond substituents is 1. The van der Waals surface area contributed by atoms with Gasteiger partial charge in [0.1, 0.15) is 5.75 Å². The number of carbonyl (C=O) groups is 4. The van der Waals surface area contributed by atoms with Crippen LogP contribution in [0.15, 0.2) is 84.6 Å². The van der Waals surface area contributed by atoms with Crippen LogP contribution < -0.4 is 10.3 Å². The van der Waals surface area contributed by atoms with E-state index in [2.05, 4.69) is 10.4 Å². The molecule has 3 heterocycles. The lowest BCUT2D eigenvalue weighted by atomic mass is 9.49. The summed E-state index contributed by atoms with van der Waals surface area (Å²) in [7, 11) is 0. The van der Waals surface area contributed by atoms with Gasteiger partial charge in [-0.05, 0) is 91.3 Å². The predicted molar refractivity (Wildman–Crippen MR) is 198 cm³/mol. The number of amides is 4. The number of pyridine rings is 1. The number of aromatic nitrogens is 1. The fourth-order valence-corrected chi connectivity index (χ4v) is 9.50. The topological polar surface area (TPSA) is 120 Å². The van der Waals surface area contributed by atoms with E-state index in [1.807, 2.05) is 6.08 Å². The molecular formula is C40H30Cl3F3N4O5. The number of carbonyl (C=O) groups excluding carboxylic acids is 4. The Morgan fingerprint density at radius 3 is 2.24 bits per heavy atom. The van der Waals surface area contributed by atoms with Gasteiger partial charge in [-0.3, -0.25) is 24.6 Å². The van der Waals surface area contributed by atoms with Gasteiger partial charge in [0, 0.05) is 22.2 Å². The molecule has 2 saturated heterocycles. The Hall–Kier alpha value is -4.91. The third kappa shape index (κ3) is 5.63. The molecule has 3 aromatic carbocycles. The molecule has 6 atom stereocenters. The van der Waals surface area contributed by atoms with Gasteiger partial charge < -0.3 is 5.11 Å². The Bertz CT molecular complexity index is 2370. The Morgan fingerprint density at radius 1 is 0.855 bits per heavy atom. The minimum absolute atomic E-state index is 0.00463. The highest BCUT2D eigenvalue weighted by molar-refractivity contribution is 6.33. The van der Waals surface area contributed by atoms with E-state index in [0.29, 0.717) is 50.3 Å². The van der Waals surface area contributed by atoms with E-state index < -0.39 is 75.4 Å². The molecule has 9 nitrogen and oxygen atoms in total. The highest BCUT2D eigenvalue weighted by atomic mass is 35.5. The second-order valence-electron chi connectivity index (χ2n) is 14.4. The number of nitrogens with zero attached hydrogens (tertiary/aromatic N) is 3. The summed E-state index contributed by atoms with van der Waals surface area (Å²) in [6.07, 6.45) is -2.20. The lowest BCUT2D eigenvalue weighted by molar-refractivity contribution is -0.139. The number of hydrogen-bond donors (Lipinski definition) is 2. The van der Waals surface area contributed by atoms with E-state index in [1.54, 1.807) is 68.4 Å². The molecule has 0 bridgehead atoms. The van der Waals surface area contributed by atoms with Crippen LogP contribution >= 0.6 is 34.8 Å². The van der Waals surface area contributed by atoms with Crippen LogP contribution in [0.2, 0.25) is 15.1 Å². The van der Waals surface area contributed by atoms with E-state index in [-0.39, 0.29) is 24.4 Å². The Labute approximate surface area is 327 Å². The first-order chi connectivity index (χ1) is 26.0. The maximum Gasteiger partial charge on any atom is 0.417 e. The van der Waals surface area contributed by atoms with E-state index in [1.165, 1.54) is 6.07 Å². The normalized spacial score (nSPS) is 26.2. The molecule has 0 radical (unpaired) electrons. The summed E-state index contributed by atoms with van der Waals surface area (Å²) in [4.78, 5) is 63.7. The predicted octanol–water partition coefficient (Wildman–Crippen LogP) is 8.57. The number of allylic oxidation sites excluding steroid dienone is 2. The largest absolute Gasteiger partial charge is 0.508 e. The number of phenols is 1. The van der Waals surface area contributed by atoms with Gasteiger partial charge in [0.25, 0.3) is 11.8 Å². The van der Waals surface area contributed by atoms with Crippen LogP contribution in [0.3, 0.4) is 0 Å². The van der Waals surface area contributed by atoms with E-state index >= 15 is 4.79 Å². The van der Waals surface area contributed by atoms with Gasteiger partial charge in [-0.1, -0.05) is 76.8 Å². The molecule has 2 aliphatic heterocycles. The molecular weight excluding hydrogens is 780 g/mol. The van der Waals surface area contributed by atoms with Gasteiger partial charge in [0.2, 0.25) is 11.8 Å². The average molecular weight is 810 g/mol.